The van der Waals surface area contributed by atoms with Crippen molar-refractivity contribution in [2.24, 2.45) is 0 Å². The first-order valence-corrected chi connectivity index (χ1v) is 8.61. The van der Waals surface area contributed by atoms with Gasteiger partial charge < -0.3 is 14.8 Å². The minimum absolute atomic E-state index is 0.0647. The molecule has 0 saturated carbocycles. The van der Waals surface area contributed by atoms with Gasteiger partial charge >= 0.3 is 5.97 Å². The molecule has 0 unspecified atom stereocenters. The molecule has 0 radical (unpaired) electrons. The van der Waals surface area contributed by atoms with Crippen LogP contribution in [0.15, 0.2) is 41.8 Å². The first-order chi connectivity index (χ1) is 11.5. The van der Waals surface area contributed by atoms with Gasteiger partial charge in [0, 0.05) is 4.88 Å². The van der Waals surface area contributed by atoms with Crippen LogP contribution in [-0.4, -0.2) is 24.1 Å². The van der Waals surface area contributed by atoms with Crippen molar-refractivity contribution < 1.29 is 19.1 Å². The Balaban J connectivity index is 1.84. The third-order valence-electron chi connectivity index (χ3n) is 3.13. The molecule has 0 bridgehead atoms. The third kappa shape index (κ3) is 5.38. The molecule has 1 aromatic carbocycles. The molecule has 0 aliphatic heterocycles. The van der Waals surface area contributed by atoms with E-state index in [1.54, 1.807) is 42.5 Å². The standard InChI is InChI=1S/C18H21NO4S/c1-12(2)22-15-8-6-14(7-9-15)18(21)23-13(3)17(20)19-11-16-5-4-10-24-16/h4-10,12-13H,11H2,1-3H3,(H,19,20)/t13-/m0/s1. The molecule has 1 N–H and O–H groups in total. The molecule has 128 valence electrons. The zero-order chi connectivity index (χ0) is 17.5. The van der Waals surface area contributed by atoms with E-state index in [0.717, 1.165) is 4.88 Å². The Morgan fingerprint density at radius 1 is 1.12 bits per heavy atom. The second kappa shape index (κ2) is 8.49. The molecule has 0 aliphatic rings. The Kier molecular flexibility index (Phi) is 6.37. The average Bonchev–Trinajstić information content (AvgIpc) is 3.06. The van der Waals surface area contributed by atoms with Gasteiger partial charge in [-0.05, 0) is 56.5 Å². The van der Waals surface area contributed by atoms with E-state index in [4.69, 9.17) is 9.47 Å². The Bertz CT molecular complexity index is 665. The fourth-order valence-electron chi connectivity index (χ4n) is 1.95. The van der Waals surface area contributed by atoms with E-state index in [1.165, 1.54) is 0 Å². The number of nitrogens with one attached hydrogen (secondary N) is 1. The molecule has 0 aliphatic carbocycles. The summed E-state index contributed by atoms with van der Waals surface area (Å²) in [7, 11) is 0. The molecule has 2 rings (SSSR count). The van der Waals surface area contributed by atoms with Crippen molar-refractivity contribution in [3.63, 3.8) is 0 Å². The maximum absolute atomic E-state index is 12.1. The zero-order valence-electron chi connectivity index (χ0n) is 13.9. The molecule has 5 nitrogen and oxygen atoms in total. The van der Waals surface area contributed by atoms with Crippen molar-refractivity contribution in [2.45, 2.75) is 39.5 Å². The maximum Gasteiger partial charge on any atom is 0.338 e. The van der Waals surface area contributed by atoms with Crippen LogP contribution in [0.1, 0.15) is 36.0 Å². The molecule has 24 heavy (non-hydrogen) atoms. The third-order valence-corrected chi connectivity index (χ3v) is 4.01. The fraction of sp³-hybridized carbons (Fsp3) is 0.333. The lowest BCUT2D eigenvalue weighted by Gasteiger charge is -2.14. The Morgan fingerprint density at radius 3 is 2.42 bits per heavy atom. The van der Waals surface area contributed by atoms with Crippen LogP contribution >= 0.6 is 11.3 Å². The highest BCUT2D eigenvalue weighted by Crippen LogP contribution is 2.15. The molecule has 2 aromatic rings. The number of benzene rings is 1. The van der Waals surface area contributed by atoms with Crippen molar-refractivity contribution in [2.75, 3.05) is 0 Å². The van der Waals surface area contributed by atoms with Crippen LogP contribution < -0.4 is 10.1 Å². The highest BCUT2D eigenvalue weighted by Gasteiger charge is 2.18. The van der Waals surface area contributed by atoms with E-state index >= 15 is 0 Å². The second-order valence-corrected chi connectivity index (χ2v) is 6.57. The summed E-state index contributed by atoms with van der Waals surface area (Å²) in [4.78, 5) is 25.1. The van der Waals surface area contributed by atoms with Gasteiger partial charge in [0.2, 0.25) is 0 Å². The lowest BCUT2D eigenvalue weighted by Crippen LogP contribution is -2.35. The van der Waals surface area contributed by atoms with Crippen LogP contribution in [0.25, 0.3) is 0 Å². The van der Waals surface area contributed by atoms with E-state index in [0.29, 0.717) is 17.9 Å². The van der Waals surface area contributed by atoms with E-state index in [2.05, 4.69) is 5.32 Å². The molecule has 1 heterocycles. The van der Waals surface area contributed by atoms with Gasteiger partial charge in [0.05, 0.1) is 18.2 Å². The van der Waals surface area contributed by atoms with E-state index in [1.807, 2.05) is 31.4 Å². The van der Waals surface area contributed by atoms with Crippen molar-refractivity contribution in [3.05, 3.63) is 52.2 Å². The molecule has 0 fully saturated rings. The van der Waals surface area contributed by atoms with Gasteiger partial charge in [-0.1, -0.05) is 6.07 Å². The summed E-state index contributed by atoms with van der Waals surface area (Å²) in [6.07, 6.45) is -0.793. The number of rotatable bonds is 7. The molecule has 0 saturated heterocycles. The van der Waals surface area contributed by atoms with Crippen LogP contribution in [0.2, 0.25) is 0 Å². The smallest absolute Gasteiger partial charge is 0.338 e. The summed E-state index contributed by atoms with van der Waals surface area (Å²) in [5.74, 6) is -0.176. The summed E-state index contributed by atoms with van der Waals surface area (Å²) < 4.78 is 10.7. The Hall–Kier alpha value is -2.34. The summed E-state index contributed by atoms with van der Waals surface area (Å²) in [5.41, 5.74) is 0.379. The SMILES string of the molecule is CC(C)Oc1ccc(C(=O)O[C@@H](C)C(=O)NCc2cccs2)cc1. The van der Waals surface area contributed by atoms with Crippen molar-refractivity contribution in [1.29, 1.82) is 0 Å². The minimum Gasteiger partial charge on any atom is -0.491 e. The largest absolute Gasteiger partial charge is 0.491 e. The van der Waals surface area contributed by atoms with Crippen molar-refractivity contribution in [1.82, 2.24) is 5.32 Å². The van der Waals surface area contributed by atoms with Crippen LogP contribution in [0.3, 0.4) is 0 Å². The molecular weight excluding hydrogens is 326 g/mol. The van der Waals surface area contributed by atoms with Crippen LogP contribution in [-0.2, 0) is 16.1 Å². The van der Waals surface area contributed by atoms with Crippen molar-refractivity contribution >= 4 is 23.2 Å². The van der Waals surface area contributed by atoms with E-state index < -0.39 is 12.1 Å². The Labute approximate surface area is 145 Å². The van der Waals surface area contributed by atoms with Crippen LogP contribution in [0, 0.1) is 0 Å². The number of amides is 1. The summed E-state index contributed by atoms with van der Waals surface area (Å²) in [6.45, 7) is 5.84. The van der Waals surface area contributed by atoms with E-state index in [9.17, 15) is 9.59 Å². The number of esters is 1. The maximum atomic E-state index is 12.1. The highest BCUT2D eigenvalue weighted by atomic mass is 32.1. The Morgan fingerprint density at radius 2 is 1.83 bits per heavy atom. The predicted octanol–water partition coefficient (Wildman–Crippen LogP) is 3.40. The second-order valence-electron chi connectivity index (χ2n) is 5.54. The highest BCUT2D eigenvalue weighted by molar-refractivity contribution is 7.09. The zero-order valence-corrected chi connectivity index (χ0v) is 14.8. The van der Waals surface area contributed by atoms with Gasteiger partial charge in [0.1, 0.15) is 5.75 Å². The normalized spacial score (nSPS) is 11.8. The topological polar surface area (TPSA) is 64.6 Å². The molecular formula is C18H21NO4S. The quantitative estimate of drug-likeness (QED) is 0.780. The lowest BCUT2D eigenvalue weighted by atomic mass is 10.2. The van der Waals surface area contributed by atoms with Gasteiger partial charge in [-0.25, -0.2) is 4.79 Å². The molecule has 0 spiro atoms. The molecule has 6 heteroatoms. The first-order valence-electron chi connectivity index (χ1n) is 7.73. The minimum atomic E-state index is -0.857. The van der Waals surface area contributed by atoms with Gasteiger partial charge in [-0.15, -0.1) is 11.3 Å². The van der Waals surface area contributed by atoms with Gasteiger partial charge in [-0.2, -0.15) is 0 Å². The molecule has 1 amide bonds. The van der Waals surface area contributed by atoms with Crippen molar-refractivity contribution in [3.8, 4) is 5.75 Å². The number of hydrogen-bond acceptors (Lipinski definition) is 5. The molecule has 1 aromatic heterocycles. The molecule has 1 atom stereocenters. The lowest BCUT2D eigenvalue weighted by molar-refractivity contribution is -0.129. The van der Waals surface area contributed by atoms with E-state index in [-0.39, 0.29) is 12.0 Å². The summed E-state index contributed by atoms with van der Waals surface area (Å²) in [5, 5.41) is 4.69. The fourth-order valence-corrected chi connectivity index (χ4v) is 2.60. The number of hydrogen-bond donors (Lipinski definition) is 1. The van der Waals surface area contributed by atoms with Crippen LogP contribution in [0.4, 0.5) is 0 Å². The number of thiophene rings is 1. The van der Waals surface area contributed by atoms with Gasteiger partial charge in [-0.3, -0.25) is 4.79 Å². The van der Waals surface area contributed by atoms with Gasteiger partial charge in [0.25, 0.3) is 5.91 Å². The van der Waals surface area contributed by atoms with Crippen LogP contribution in [0.5, 0.6) is 5.75 Å². The average molecular weight is 347 g/mol. The summed E-state index contributed by atoms with van der Waals surface area (Å²) >= 11 is 1.56. The number of ether oxygens (including phenoxy) is 2. The summed E-state index contributed by atoms with van der Waals surface area (Å²) in [6, 6.07) is 10.5. The first kappa shape index (κ1) is 18.0. The monoisotopic (exact) mass is 347 g/mol. The number of carbonyl (C=O) groups is 2. The number of carbonyl (C=O) groups excluding carboxylic acids is 2. The predicted molar refractivity (Wildman–Crippen MR) is 93.2 cm³/mol. The van der Waals surface area contributed by atoms with Gasteiger partial charge in [0.15, 0.2) is 6.10 Å².